The van der Waals surface area contributed by atoms with E-state index in [9.17, 15) is 0 Å². The van der Waals surface area contributed by atoms with Gasteiger partial charge in [-0.1, -0.05) is 113 Å². The molecule has 32 heavy (non-hydrogen) atoms. The quantitative estimate of drug-likeness (QED) is 0.167. The van der Waals surface area contributed by atoms with E-state index in [1.807, 2.05) is 0 Å². The summed E-state index contributed by atoms with van der Waals surface area (Å²) >= 11 is 0. The van der Waals surface area contributed by atoms with Crippen LogP contribution in [-0.2, 0) is 0 Å². The molecule has 0 saturated carbocycles. The van der Waals surface area contributed by atoms with Crippen LogP contribution in [0.5, 0.6) is 0 Å². The second-order valence-corrected chi connectivity index (χ2v) is 9.01. The Kier molecular flexibility index (Phi) is 15.5. The summed E-state index contributed by atoms with van der Waals surface area (Å²) in [6.07, 6.45) is 33.7. The van der Waals surface area contributed by atoms with Gasteiger partial charge in [-0.05, 0) is 58.4 Å². The van der Waals surface area contributed by atoms with Crippen molar-refractivity contribution in [3.8, 4) is 0 Å². The van der Waals surface area contributed by atoms with Crippen LogP contribution in [0.4, 0.5) is 0 Å². The van der Waals surface area contributed by atoms with Crippen molar-refractivity contribution >= 4 is 0 Å². The van der Waals surface area contributed by atoms with Crippen LogP contribution in [0.1, 0.15) is 87.0 Å². The molecule has 0 heteroatoms. The fourth-order valence-corrected chi connectivity index (χ4v) is 4.56. The van der Waals surface area contributed by atoms with Crippen LogP contribution < -0.4 is 0 Å². The molecule has 0 amide bonds. The lowest BCUT2D eigenvalue weighted by Crippen LogP contribution is -2.43. The summed E-state index contributed by atoms with van der Waals surface area (Å²) in [5.74, 6) is 0.135. The van der Waals surface area contributed by atoms with E-state index in [1.165, 1.54) is 11.1 Å². The molecule has 2 unspecified atom stereocenters. The van der Waals surface area contributed by atoms with Gasteiger partial charge in [0, 0.05) is 16.7 Å². The lowest BCUT2D eigenvalue weighted by atomic mass is 9.52. The fraction of sp³-hybridized carbons (Fsp3) is 0.500. The molecule has 0 nitrogen and oxygen atoms in total. The predicted octanol–water partition coefficient (Wildman–Crippen LogP) is 10.5. The molecule has 0 aromatic heterocycles. The summed E-state index contributed by atoms with van der Waals surface area (Å²) in [6, 6.07) is 0. The molecule has 0 aliphatic heterocycles. The molecule has 0 radical (unpaired) electrons. The molecule has 0 spiro atoms. The van der Waals surface area contributed by atoms with E-state index in [1.54, 1.807) is 0 Å². The molecule has 0 aromatic rings. The Labute approximate surface area is 201 Å². The van der Waals surface area contributed by atoms with E-state index in [-0.39, 0.29) is 16.7 Å². The summed E-state index contributed by atoms with van der Waals surface area (Å²) in [5, 5.41) is 0. The smallest absolute Gasteiger partial charge is 0.0205 e. The summed E-state index contributed by atoms with van der Waals surface area (Å²) in [5.41, 5.74) is 2.27. The Bertz CT molecular complexity index is 709. The van der Waals surface area contributed by atoms with Gasteiger partial charge in [0.1, 0.15) is 0 Å². The molecule has 0 aliphatic rings. The first-order chi connectivity index (χ1) is 15.3. The molecule has 2 atom stereocenters. The molecule has 0 saturated heterocycles. The number of rotatable bonds is 16. The van der Waals surface area contributed by atoms with E-state index < -0.39 is 0 Å². The Morgan fingerprint density at radius 1 is 0.906 bits per heavy atom. The summed E-state index contributed by atoms with van der Waals surface area (Å²) in [7, 11) is 0. The van der Waals surface area contributed by atoms with Gasteiger partial charge in [0.15, 0.2) is 0 Å². The molecule has 0 N–H and O–H groups in total. The van der Waals surface area contributed by atoms with Gasteiger partial charge in [-0.2, -0.15) is 0 Å². The van der Waals surface area contributed by atoms with E-state index in [2.05, 4.69) is 135 Å². The molecule has 0 aromatic carbocycles. The fourth-order valence-electron chi connectivity index (χ4n) is 4.56. The minimum absolute atomic E-state index is 0.135. The van der Waals surface area contributed by atoms with Crippen molar-refractivity contribution < 1.29 is 0 Å². The third-order valence-corrected chi connectivity index (χ3v) is 6.22. The topological polar surface area (TPSA) is 0 Å². The van der Waals surface area contributed by atoms with Gasteiger partial charge in [-0.25, -0.2) is 0 Å². The normalized spacial score (nSPS) is 16.8. The van der Waals surface area contributed by atoms with E-state index in [4.69, 9.17) is 0 Å². The first kappa shape index (κ1) is 29.9. The van der Waals surface area contributed by atoms with Crippen molar-refractivity contribution in [2.75, 3.05) is 0 Å². The SMILES string of the molecule is C=CC(C=C)C(C=CCC)(CC=CC)C(C)(C=C(C)C)C(C=CCCC)=CCC=CCC. The Morgan fingerprint density at radius 3 is 2.06 bits per heavy atom. The van der Waals surface area contributed by atoms with E-state index in [0.29, 0.717) is 0 Å². The third kappa shape index (κ3) is 8.45. The second kappa shape index (κ2) is 16.5. The summed E-state index contributed by atoms with van der Waals surface area (Å²) in [4.78, 5) is 0. The molecular weight excluding hydrogens is 384 g/mol. The highest BCUT2D eigenvalue weighted by Gasteiger charge is 2.49. The summed E-state index contributed by atoms with van der Waals surface area (Å²) < 4.78 is 0. The molecule has 0 heterocycles. The van der Waals surface area contributed by atoms with Gasteiger partial charge in [-0.3, -0.25) is 0 Å². The highest BCUT2D eigenvalue weighted by molar-refractivity contribution is 5.40. The van der Waals surface area contributed by atoms with Gasteiger partial charge in [0.25, 0.3) is 0 Å². The Hall–Kier alpha value is -2.08. The second-order valence-electron chi connectivity index (χ2n) is 9.01. The molecule has 0 rings (SSSR count). The van der Waals surface area contributed by atoms with Gasteiger partial charge in [0.2, 0.25) is 0 Å². The van der Waals surface area contributed by atoms with Crippen LogP contribution in [0.15, 0.2) is 97.2 Å². The van der Waals surface area contributed by atoms with Gasteiger partial charge >= 0.3 is 0 Å². The average Bonchev–Trinajstić information content (AvgIpc) is 2.76. The van der Waals surface area contributed by atoms with Crippen molar-refractivity contribution in [3.05, 3.63) is 97.2 Å². The first-order valence-electron chi connectivity index (χ1n) is 12.6. The highest BCUT2D eigenvalue weighted by Crippen LogP contribution is 2.56. The number of unbranched alkanes of at least 4 members (excludes halogenated alkanes) is 1. The van der Waals surface area contributed by atoms with Crippen LogP contribution in [0.3, 0.4) is 0 Å². The zero-order valence-electron chi connectivity index (χ0n) is 22.2. The molecule has 0 fully saturated rings. The molecule has 178 valence electrons. The standard InChI is InChI=1S/C32H50/c1-10-16-20-22-24-30(23-21-17-11-2)31(9,27-28(7)8)32(25-18-12-3,26-19-13-4)29(14-5)15-6/h12,14-16,18-21,23-24,26-27,29H,5-6,10-11,13,17,22,25H2,1-4,7-9H3. The molecule has 0 bridgehead atoms. The van der Waals surface area contributed by atoms with Crippen molar-refractivity contribution in [3.63, 3.8) is 0 Å². The lowest BCUT2D eigenvalue weighted by molar-refractivity contribution is 0.165. The molecular formula is C32H50. The monoisotopic (exact) mass is 434 g/mol. The largest absolute Gasteiger partial charge is 0.102 e. The zero-order chi connectivity index (χ0) is 24.5. The lowest BCUT2D eigenvalue weighted by Gasteiger charge is -2.50. The predicted molar refractivity (Wildman–Crippen MR) is 149 cm³/mol. The van der Waals surface area contributed by atoms with E-state index in [0.717, 1.165) is 38.5 Å². The maximum atomic E-state index is 4.23. The van der Waals surface area contributed by atoms with Crippen molar-refractivity contribution in [2.24, 2.45) is 16.7 Å². The minimum atomic E-state index is -0.228. The van der Waals surface area contributed by atoms with Gasteiger partial charge < -0.3 is 0 Å². The van der Waals surface area contributed by atoms with Gasteiger partial charge in [0.05, 0.1) is 0 Å². The van der Waals surface area contributed by atoms with Crippen molar-refractivity contribution in [2.45, 2.75) is 87.0 Å². The van der Waals surface area contributed by atoms with Crippen LogP contribution in [0.2, 0.25) is 0 Å². The highest BCUT2D eigenvalue weighted by atomic mass is 14.5. The number of hydrogen-bond donors (Lipinski definition) is 0. The maximum Gasteiger partial charge on any atom is 0.0205 e. The van der Waals surface area contributed by atoms with Crippen LogP contribution >= 0.6 is 0 Å². The maximum absolute atomic E-state index is 4.23. The minimum Gasteiger partial charge on any atom is -0.102 e. The van der Waals surface area contributed by atoms with Crippen molar-refractivity contribution in [1.82, 2.24) is 0 Å². The average molecular weight is 435 g/mol. The Balaban J connectivity index is 7.30. The number of allylic oxidation sites excluding steroid dienone is 14. The van der Waals surface area contributed by atoms with Crippen molar-refractivity contribution in [1.29, 1.82) is 0 Å². The Morgan fingerprint density at radius 2 is 1.56 bits per heavy atom. The molecule has 0 aliphatic carbocycles. The zero-order valence-corrected chi connectivity index (χ0v) is 22.2. The summed E-state index contributed by atoms with van der Waals surface area (Å²) in [6.45, 7) is 24.0. The van der Waals surface area contributed by atoms with Crippen LogP contribution in [-0.4, -0.2) is 0 Å². The first-order valence-corrected chi connectivity index (χ1v) is 12.6. The van der Waals surface area contributed by atoms with E-state index >= 15 is 0 Å². The van der Waals surface area contributed by atoms with Crippen LogP contribution in [0.25, 0.3) is 0 Å². The van der Waals surface area contributed by atoms with Crippen LogP contribution in [0, 0.1) is 16.7 Å². The third-order valence-electron chi connectivity index (χ3n) is 6.22. The van der Waals surface area contributed by atoms with Gasteiger partial charge in [-0.15, -0.1) is 13.2 Å². The number of hydrogen-bond acceptors (Lipinski definition) is 0.